The van der Waals surface area contributed by atoms with Gasteiger partial charge in [0.2, 0.25) is 0 Å². The molecule has 4 bridgehead atoms. The van der Waals surface area contributed by atoms with Crippen molar-refractivity contribution in [3.63, 3.8) is 0 Å². The first-order valence-corrected chi connectivity index (χ1v) is 10.4. The van der Waals surface area contributed by atoms with Gasteiger partial charge in [0.15, 0.2) is 0 Å². The summed E-state index contributed by atoms with van der Waals surface area (Å²) in [7, 11) is 0. The Morgan fingerprint density at radius 1 is 0.750 bits per heavy atom. The smallest absolute Gasteiger partial charge is 0.333 e. The third kappa shape index (κ3) is 2.88. The highest BCUT2D eigenvalue weighted by atomic mass is 16.6. The van der Waals surface area contributed by atoms with Gasteiger partial charge in [-0.25, -0.2) is 4.79 Å². The first-order valence-electron chi connectivity index (χ1n) is 10.4. The van der Waals surface area contributed by atoms with Gasteiger partial charge in [0.25, 0.3) is 0 Å². The van der Waals surface area contributed by atoms with E-state index in [0.717, 1.165) is 0 Å². The molecular weight excluding hydrogens is 356 g/mol. The average Bonchev–Trinajstić information content (AvgIpc) is 2.41. The fraction of sp³-hybridized carbons (Fsp3) is 0.870. The van der Waals surface area contributed by atoms with E-state index in [1.807, 2.05) is 41.5 Å². The molecule has 0 aromatic heterocycles. The first kappa shape index (κ1) is 21.8. The van der Waals surface area contributed by atoms with Crippen LogP contribution >= 0.6 is 0 Å². The number of esters is 1. The molecule has 4 saturated carbocycles. The summed E-state index contributed by atoms with van der Waals surface area (Å²) in [6.45, 7) is 16.2. The summed E-state index contributed by atoms with van der Waals surface area (Å²) in [6, 6.07) is 0. The second-order valence-corrected chi connectivity index (χ2v) is 11.9. The monoisotopic (exact) mass is 394 g/mol. The summed E-state index contributed by atoms with van der Waals surface area (Å²) in [5, 5.41) is 33.8. The minimum Gasteiger partial charge on any atom is -0.456 e. The Hall–Kier alpha value is -0.910. The SMILES string of the molecule is C=C(C)C(=O)OC12CC3(C(C)(C)O)CC(C(C)(C)O)(C1)CC(C(C)(C)O)(C2)C3. The molecular formula is C23H38O5. The van der Waals surface area contributed by atoms with E-state index in [-0.39, 0.29) is 0 Å². The summed E-state index contributed by atoms with van der Waals surface area (Å²) in [5.74, 6) is -0.440. The Morgan fingerprint density at radius 2 is 1.04 bits per heavy atom. The van der Waals surface area contributed by atoms with Crippen molar-refractivity contribution in [3.8, 4) is 0 Å². The third-order valence-corrected chi connectivity index (χ3v) is 8.56. The number of ether oxygens (including phenoxy) is 1. The van der Waals surface area contributed by atoms with Crippen LogP contribution in [0.5, 0.6) is 0 Å². The standard InChI is InChI=1S/C23H38O5/c1-15(2)16(24)28-23-12-20(17(3,4)25)9-21(13-23,18(5,6)26)11-22(10-20,14-23)19(7,8)27/h25-27H,1,9-14H2,2-8H3. The van der Waals surface area contributed by atoms with Gasteiger partial charge < -0.3 is 20.1 Å². The van der Waals surface area contributed by atoms with Crippen LogP contribution in [0, 0.1) is 16.2 Å². The van der Waals surface area contributed by atoms with Crippen LogP contribution < -0.4 is 0 Å². The normalized spacial score (nSPS) is 40.5. The molecule has 0 atom stereocenters. The zero-order valence-electron chi connectivity index (χ0n) is 18.6. The van der Waals surface area contributed by atoms with E-state index in [2.05, 4.69) is 6.58 Å². The van der Waals surface area contributed by atoms with E-state index in [9.17, 15) is 20.1 Å². The largest absolute Gasteiger partial charge is 0.456 e. The summed E-state index contributed by atoms with van der Waals surface area (Å²) < 4.78 is 6.10. The molecule has 0 unspecified atom stereocenters. The molecule has 0 aromatic carbocycles. The van der Waals surface area contributed by atoms with E-state index >= 15 is 0 Å². The van der Waals surface area contributed by atoms with Crippen LogP contribution in [-0.2, 0) is 9.53 Å². The van der Waals surface area contributed by atoms with Crippen molar-refractivity contribution >= 4 is 5.97 Å². The predicted octanol–water partition coefficient (Wildman–Crippen LogP) is 3.50. The Labute approximate surface area is 169 Å². The minimum atomic E-state index is -1.04. The van der Waals surface area contributed by atoms with E-state index in [1.54, 1.807) is 6.92 Å². The third-order valence-electron chi connectivity index (χ3n) is 8.56. The number of rotatable bonds is 5. The fourth-order valence-corrected chi connectivity index (χ4v) is 6.88. The van der Waals surface area contributed by atoms with E-state index in [4.69, 9.17) is 4.74 Å². The van der Waals surface area contributed by atoms with Gasteiger partial charge in [0, 0.05) is 21.8 Å². The van der Waals surface area contributed by atoms with Crippen LogP contribution in [0.2, 0.25) is 0 Å². The lowest BCUT2D eigenvalue weighted by molar-refractivity contribution is -0.331. The summed E-state index contributed by atoms with van der Waals surface area (Å²) in [6.07, 6.45) is 3.57. The Morgan fingerprint density at radius 3 is 1.25 bits per heavy atom. The van der Waals surface area contributed by atoms with Gasteiger partial charge in [-0.05, 0) is 87.0 Å². The van der Waals surface area contributed by atoms with Crippen LogP contribution in [0.1, 0.15) is 87.0 Å². The van der Waals surface area contributed by atoms with Crippen LogP contribution in [-0.4, -0.2) is 43.7 Å². The quantitative estimate of drug-likeness (QED) is 0.491. The van der Waals surface area contributed by atoms with Gasteiger partial charge in [-0.1, -0.05) is 6.58 Å². The van der Waals surface area contributed by atoms with Crippen molar-refractivity contribution < 1.29 is 24.9 Å². The van der Waals surface area contributed by atoms with Gasteiger partial charge in [-0.15, -0.1) is 0 Å². The second-order valence-electron chi connectivity index (χ2n) is 11.9. The van der Waals surface area contributed by atoms with Crippen LogP contribution in [0.4, 0.5) is 0 Å². The maximum absolute atomic E-state index is 12.6. The van der Waals surface area contributed by atoms with Crippen molar-refractivity contribution in [1.82, 2.24) is 0 Å². The summed E-state index contributed by atoms with van der Waals surface area (Å²) in [5.41, 5.74) is -5.29. The lowest BCUT2D eigenvalue weighted by Crippen LogP contribution is -2.75. The lowest BCUT2D eigenvalue weighted by atomic mass is 9.32. The molecule has 0 radical (unpaired) electrons. The van der Waals surface area contributed by atoms with Crippen LogP contribution in [0.15, 0.2) is 12.2 Å². The van der Waals surface area contributed by atoms with Gasteiger partial charge in [-0.2, -0.15) is 0 Å². The van der Waals surface area contributed by atoms with Gasteiger partial charge in [-0.3, -0.25) is 0 Å². The lowest BCUT2D eigenvalue weighted by Gasteiger charge is -2.75. The highest BCUT2D eigenvalue weighted by Crippen LogP contribution is 2.77. The van der Waals surface area contributed by atoms with Crippen molar-refractivity contribution in [2.24, 2.45) is 16.2 Å². The van der Waals surface area contributed by atoms with E-state index < -0.39 is 44.6 Å². The summed E-state index contributed by atoms with van der Waals surface area (Å²) >= 11 is 0. The maximum atomic E-state index is 12.6. The molecule has 0 saturated heterocycles. The molecule has 4 aliphatic rings. The molecule has 0 heterocycles. The molecule has 0 aromatic rings. The van der Waals surface area contributed by atoms with Gasteiger partial charge in [0.05, 0.1) is 16.8 Å². The van der Waals surface area contributed by atoms with Crippen LogP contribution in [0.3, 0.4) is 0 Å². The maximum Gasteiger partial charge on any atom is 0.333 e. The Balaban J connectivity index is 2.25. The highest BCUT2D eigenvalue weighted by molar-refractivity contribution is 5.87. The molecule has 28 heavy (non-hydrogen) atoms. The molecule has 5 nitrogen and oxygen atoms in total. The van der Waals surface area contributed by atoms with E-state index in [0.29, 0.717) is 44.1 Å². The molecule has 4 aliphatic carbocycles. The minimum absolute atomic E-state index is 0.336. The topological polar surface area (TPSA) is 87.0 Å². The zero-order valence-corrected chi connectivity index (χ0v) is 18.6. The number of aliphatic hydroxyl groups is 3. The fourth-order valence-electron chi connectivity index (χ4n) is 6.88. The van der Waals surface area contributed by atoms with Crippen molar-refractivity contribution in [3.05, 3.63) is 12.2 Å². The van der Waals surface area contributed by atoms with Crippen molar-refractivity contribution in [2.75, 3.05) is 0 Å². The Kier molecular flexibility index (Phi) is 4.37. The van der Waals surface area contributed by atoms with Crippen molar-refractivity contribution in [2.45, 2.75) is 109 Å². The summed E-state index contributed by atoms with van der Waals surface area (Å²) in [4.78, 5) is 12.6. The zero-order chi connectivity index (χ0) is 21.6. The number of hydrogen-bond acceptors (Lipinski definition) is 5. The number of carbonyl (C=O) groups excluding carboxylic acids is 1. The van der Waals surface area contributed by atoms with Crippen LogP contribution in [0.25, 0.3) is 0 Å². The number of hydrogen-bond donors (Lipinski definition) is 3. The molecule has 0 aliphatic heterocycles. The first-order chi connectivity index (χ1) is 12.3. The Bertz CT molecular complexity index is 618. The second kappa shape index (κ2) is 5.61. The molecule has 0 amide bonds. The average molecular weight is 395 g/mol. The molecule has 3 N–H and O–H groups in total. The predicted molar refractivity (Wildman–Crippen MR) is 108 cm³/mol. The van der Waals surface area contributed by atoms with Gasteiger partial charge >= 0.3 is 5.97 Å². The number of carbonyl (C=O) groups is 1. The molecule has 0 spiro atoms. The van der Waals surface area contributed by atoms with E-state index in [1.165, 1.54) is 0 Å². The molecule has 160 valence electrons. The molecule has 5 heteroatoms. The highest BCUT2D eigenvalue weighted by Gasteiger charge is 2.76. The molecule has 4 fully saturated rings. The molecule has 4 rings (SSSR count). The van der Waals surface area contributed by atoms with Crippen molar-refractivity contribution in [1.29, 1.82) is 0 Å². The van der Waals surface area contributed by atoms with Gasteiger partial charge in [0.1, 0.15) is 5.60 Å².